The molecular formula is C18H20N4O2. The van der Waals surface area contributed by atoms with Gasteiger partial charge in [-0.2, -0.15) is 5.10 Å². The molecule has 6 nitrogen and oxygen atoms in total. The van der Waals surface area contributed by atoms with Crippen molar-refractivity contribution in [2.75, 3.05) is 5.32 Å². The van der Waals surface area contributed by atoms with Crippen LogP contribution in [0, 0.1) is 17.8 Å². The van der Waals surface area contributed by atoms with Gasteiger partial charge in [0.05, 0.1) is 6.20 Å². The van der Waals surface area contributed by atoms with Crippen molar-refractivity contribution in [3.8, 4) is 11.8 Å². The topological polar surface area (TPSA) is 86.9 Å². The van der Waals surface area contributed by atoms with Crippen LogP contribution in [0.25, 0.3) is 0 Å². The number of aromatic nitrogens is 2. The lowest BCUT2D eigenvalue weighted by Crippen LogP contribution is -2.44. The molecule has 2 amide bonds. The van der Waals surface area contributed by atoms with Gasteiger partial charge in [-0.1, -0.05) is 38.0 Å². The molecule has 1 heterocycles. The lowest BCUT2D eigenvalue weighted by Gasteiger charge is -2.18. The van der Waals surface area contributed by atoms with Gasteiger partial charge in [0.2, 0.25) is 5.91 Å². The minimum atomic E-state index is -0.661. The average molecular weight is 324 g/mol. The smallest absolute Gasteiger partial charge is 0.296 e. The molecule has 0 bridgehead atoms. The van der Waals surface area contributed by atoms with Gasteiger partial charge in [-0.05, 0) is 24.5 Å². The molecule has 124 valence electrons. The molecule has 1 aromatic heterocycles. The number of nitrogens with zero attached hydrogens (tertiary/aromatic N) is 1. The molecule has 0 saturated carbocycles. The van der Waals surface area contributed by atoms with Gasteiger partial charge in [-0.3, -0.25) is 14.7 Å². The number of rotatable bonds is 5. The van der Waals surface area contributed by atoms with Crippen LogP contribution in [0.3, 0.4) is 0 Å². The van der Waals surface area contributed by atoms with E-state index in [4.69, 9.17) is 0 Å². The van der Waals surface area contributed by atoms with Crippen LogP contribution in [-0.2, 0) is 9.59 Å². The summed E-state index contributed by atoms with van der Waals surface area (Å²) in [6.07, 6.45) is 2.05. The van der Waals surface area contributed by atoms with Gasteiger partial charge in [-0.15, -0.1) is 0 Å². The zero-order valence-corrected chi connectivity index (χ0v) is 13.7. The average Bonchev–Trinajstić information content (AvgIpc) is 3.06. The summed E-state index contributed by atoms with van der Waals surface area (Å²) in [7, 11) is 0. The minimum absolute atomic E-state index is 0.241. The largest absolute Gasteiger partial charge is 0.333 e. The van der Waals surface area contributed by atoms with Gasteiger partial charge < -0.3 is 10.6 Å². The third kappa shape index (κ3) is 5.61. The highest BCUT2D eigenvalue weighted by Crippen LogP contribution is 2.08. The van der Waals surface area contributed by atoms with Crippen LogP contribution < -0.4 is 10.6 Å². The first kappa shape index (κ1) is 17.3. The molecule has 1 aromatic carbocycles. The molecular weight excluding hydrogens is 304 g/mol. The Kier molecular flexibility index (Phi) is 6.15. The second kappa shape index (κ2) is 8.53. The summed E-state index contributed by atoms with van der Waals surface area (Å²) in [5.74, 6) is 5.23. The van der Waals surface area contributed by atoms with Crippen molar-refractivity contribution in [1.82, 2.24) is 15.5 Å². The van der Waals surface area contributed by atoms with Crippen molar-refractivity contribution in [2.45, 2.75) is 26.3 Å². The molecule has 3 N–H and O–H groups in total. The number of carbonyl (C=O) groups excluding carboxylic acids is 2. The van der Waals surface area contributed by atoms with Crippen LogP contribution in [0.4, 0.5) is 5.82 Å². The number of H-pyrrole nitrogens is 1. The fourth-order valence-corrected chi connectivity index (χ4v) is 2.09. The van der Waals surface area contributed by atoms with E-state index in [2.05, 4.69) is 32.7 Å². The quantitative estimate of drug-likeness (QED) is 0.735. The van der Waals surface area contributed by atoms with Gasteiger partial charge in [-0.25, -0.2) is 0 Å². The van der Waals surface area contributed by atoms with Crippen molar-refractivity contribution < 1.29 is 9.59 Å². The maximum absolute atomic E-state index is 12.3. The van der Waals surface area contributed by atoms with E-state index in [1.807, 2.05) is 44.2 Å². The number of carbonyl (C=O) groups is 2. The number of hydrogen-bond acceptors (Lipinski definition) is 3. The predicted molar refractivity (Wildman–Crippen MR) is 91.9 cm³/mol. The Labute approximate surface area is 141 Å². The second-order valence-electron chi connectivity index (χ2n) is 5.73. The Morgan fingerprint density at radius 3 is 2.58 bits per heavy atom. The predicted octanol–water partition coefficient (Wildman–Crippen LogP) is 1.93. The highest BCUT2D eigenvalue weighted by Gasteiger charge is 2.21. The zero-order chi connectivity index (χ0) is 17.4. The summed E-state index contributed by atoms with van der Waals surface area (Å²) in [5.41, 5.74) is 0.745. The molecule has 6 heteroatoms. The second-order valence-corrected chi connectivity index (χ2v) is 5.73. The van der Waals surface area contributed by atoms with E-state index < -0.39 is 11.9 Å². The fraction of sp³-hybridized carbons (Fsp3) is 0.278. The third-order valence-corrected chi connectivity index (χ3v) is 3.18. The van der Waals surface area contributed by atoms with Crippen molar-refractivity contribution in [3.05, 3.63) is 48.2 Å². The highest BCUT2D eigenvalue weighted by molar-refractivity contribution is 6.00. The molecule has 0 saturated heterocycles. The molecule has 0 radical (unpaired) electrons. The maximum atomic E-state index is 12.3. The van der Waals surface area contributed by atoms with E-state index in [9.17, 15) is 9.59 Å². The summed E-state index contributed by atoms with van der Waals surface area (Å²) in [4.78, 5) is 24.4. The monoisotopic (exact) mass is 324 g/mol. The zero-order valence-electron chi connectivity index (χ0n) is 13.7. The summed E-state index contributed by atoms with van der Waals surface area (Å²) >= 11 is 0. The first-order valence-corrected chi connectivity index (χ1v) is 7.72. The summed E-state index contributed by atoms with van der Waals surface area (Å²) in [6, 6.07) is 10.2. The third-order valence-electron chi connectivity index (χ3n) is 3.18. The lowest BCUT2D eigenvalue weighted by molar-refractivity contribution is -0.123. The van der Waals surface area contributed by atoms with E-state index in [0.29, 0.717) is 12.2 Å². The molecule has 0 fully saturated rings. The first-order valence-electron chi connectivity index (χ1n) is 7.72. The molecule has 1 atom stereocenters. The Hall–Kier alpha value is -3.07. The van der Waals surface area contributed by atoms with Crippen LogP contribution in [0.5, 0.6) is 0 Å². The SMILES string of the molecule is CC(C)C[C@@H](NC(=O)C#Cc1ccccc1)C(=O)Nc1ccn[nH]1. The van der Waals surface area contributed by atoms with Crippen molar-refractivity contribution >= 4 is 17.6 Å². The van der Waals surface area contributed by atoms with Crippen LogP contribution in [0.2, 0.25) is 0 Å². The molecule has 2 aromatic rings. The Morgan fingerprint density at radius 1 is 1.21 bits per heavy atom. The molecule has 2 rings (SSSR count). The van der Waals surface area contributed by atoms with Gasteiger partial charge in [0.1, 0.15) is 11.9 Å². The molecule has 24 heavy (non-hydrogen) atoms. The summed E-state index contributed by atoms with van der Waals surface area (Å²) in [6.45, 7) is 3.97. The minimum Gasteiger partial charge on any atom is -0.333 e. The number of nitrogens with one attached hydrogen (secondary N) is 3. The van der Waals surface area contributed by atoms with E-state index in [1.54, 1.807) is 6.07 Å². The Morgan fingerprint density at radius 2 is 1.96 bits per heavy atom. The lowest BCUT2D eigenvalue weighted by atomic mass is 10.0. The molecule has 0 unspecified atom stereocenters. The summed E-state index contributed by atoms with van der Waals surface area (Å²) < 4.78 is 0. The van der Waals surface area contributed by atoms with Crippen molar-refractivity contribution in [3.63, 3.8) is 0 Å². The van der Waals surface area contributed by atoms with Crippen LogP contribution in [0.1, 0.15) is 25.8 Å². The molecule has 0 aliphatic rings. The number of hydrogen-bond donors (Lipinski definition) is 3. The standard InChI is InChI=1S/C18H20N4O2/c1-13(2)12-15(18(24)21-16-10-11-19-22-16)20-17(23)9-8-14-6-4-3-5-7-14/h3-7,10-11,13,15H,12H2,1-2H3,(H,20,23)(H2,19,21,22,24)/t15-/m1/s1. The van der Waals surface area contributed by atoms with Gasteiger partial charge in [0.15, 0.2) is 0 Å². The van der Waals surface area contributed by atoms with Crippen molar-refractivity contribution in [1.29, 1.82) is 0 Å². The first-order chi connectivity index (χ1) is 11.5. The van der Waals surface area contributed by atoms with Crippen LogP contribution in [0.15, 0.2) is 42.6 Å². The summed E-state index contributed by atoms with van der Waals surface area (Å²) in [5, 5.41) is 11.8. The van der Waals surface area contributed by atoms with Gasteiger partial charge >= 0.3 is 0 Å². The number of benzene rings is 1. The van der Waals surface area contributed by atoms with E-state index >= 15 is 0 Å². The van der Waals surface area contributed by atoms with Crippen molar-refractivity contribution in [2.24, 2.45) is 5.92 Å². The van der Waals surface area contributed by atoms with Crippen LogP contribution in [-0.4, -0.2) is 28.1 Å². The molecule has 0 spiro atoms. The Balaban J connectivity index is 2.01. The van der Waals surface area contributed by atoms with E-state index in [1.165, 1.54) is 6.20 Å². The number of aromatic amines is 1. The Bertz CT molecular complexity index is 727. The van der Waals surface area contributed by atoms with Gasteiger partial charge in [0, 0.05) is 17.6 Å². The van der Waals surface area contributed by atoms with Crippen LogP contribution >= 0.6 is 0 Å². The number of anilines is 1. The fourth-order valence-electron chi connectivity index (χ4n) is 2.09. The molecule has 0 aliphatic carbocycles. The van der Waals surface area contributed by atoms with E-state index in [0.717, 1.165) is 5.56 Å². The van der Waals surface area contributed by atoms with Gasteiger partial charge in [0.25, 0.3) is 5.91 Å². The number of amides is 2. The highest BCUT2D eigenvalue weighted by atomic mass is 16.2. The normalized spacial score (nSPS) is 11.3. The molecule has 0 aliphatic heterocycles. The van der Waals surface area contributed by atoms with E-state index in [-0.39, 0.29) is 11.8 Å². The maximum Gasteiger partial charge on any atom is 0.296 e.